The Labute approximate surface area is 125 Å². The Hall–Kier alpha value is -1.86. The average Bonchev–Trinajstić information content (AvgIpc) is 3.32. The van der Waals surface area contributed by atoms with Gasteiger partial charge in [0.05, 0.1) is 0 Å². The predicted octanol–water partition coefficient (Wildman–Crippen LogP) is 1.99. The lowest BCUT2D eigenvalue weighted by Crippen LogP contribution is -2.45. The first-order valence-corrected chi connectivity index (χ1v) is 7.38. The minimum Gasteiger partial charge on any atom is -0.356 e. The van der Waals surface area contributed by atoms with Crippen LogP contribution in [0.2, 0.25) is 0 Å². The van der Waals surface area contributed by atoms with Crippen molar-refractivity contribution in [2.75, 3.05) is 18.0 Å². The number of anilines is 1. The minimum absolute atomic E-state index is 0.105. The first kappa shape index (κ1) is 15.1. The molecule has 1 N–H and O–H groups in total. The fourth-order valence-corrected chi connectivity index (χ4v) is 2.59. The zero-order chi connectivity index (χ0) is 15.7. The Balaban J connectivity index is 1.58. The third-order valence-corrected chi connectivity index (χ3v) is 4.06. The SMILES string of the molecule is O=C(NC1CCN(c2cc(C(F)(F)F)ncn2)CC1)C1CC1. The van der Waals surface area contributed by atoms with Crippen LogP contribution in [0, 0.1) is 5.92 Å². The molecular formula is C14H17F3N4O. The van der Waals surface area contributed by atoms with Gasteiger partial charge >= 0.3 is 6.18 Å². The highest BCUT2D eigenvalue weighted by atomic mass is 19.4. The molecule has 2 fully saturated rings. The molecule has 120 valence electrons. The highest BCUT2D eigenvalue weighted by molar-refractivity contribution is 5.81. The molecule has 2 heterocycles. The molecule has 1 aromatic heterocycles. The molecule has 0 radical (unpaired) electrons. The summed E-state index contributed by atoms with van der Waals surface area (Å²) < 4.78 is 38.0. The number of hydrogen-bond acceptors (Lipinski definition) is 4. The number of halogens is 3. The Morgan fingerprint density at radius 3 is 2.45 bits per heavy atom. The number of carbonyl (C=O) groups is 1. The number of piperidine rings is 1. The van der Waals surface area contributed by atoms with Crippen LogP contribution in [0.5, 0.6) is 0 Å². The van der Waals surface area contributed by atoms with Gasteiger partial charge in [0.25, 0.3) is 0 Å². The molecule has 0 bridgehead atoms. The summed E-state index contributed by atoms with van der Waals surface area (Å²) in [5, 5.41) is 3.01. The summed E-state index contributed by atoms with van der Waals surface area (Å²) in [5.74, 6) is 0.573. The van der Waals surface area contributed by atoms with E-state index in [-0.39, 0.29) is 23.7 Å². The van der Waals surface area contributed by atoms with Crippen LogP contribution in [0.1, 0.15) is 31.4 Å². The highest BCUT2D eigenvalue weighted by Crippen LogP contribution is 2.31. The zero-order valence-electron chi connectivity index (χ0n) is 11.9. The number of nitrogens with zero attached hydrogens (tertiary/aromatic N) is 3. The molecule has 2 aliphatic rings. The third kappa shape index (κ3) is 3.48. The second kappa shape index (κ2) is 5.73. The molecule has 3 rings (SSSR count). The van der Waals surface area contributed by atoms with E-state index in [1.165, 1.54) is 0 Å². The maximum absolute atomic E-state index is 12.7. The van der Waals surface area contributed by atoms with Crippen molar-refractivity contribution in [2.24, 2.45) is 5.92 Å². The molecule has 22 heavy (non-hydrogen) atoms. The van der Waals surface area contributed by atoms with Gasteiger partial charge in [-0.3, -0.25) is 4.79 Å². The van der Waals surface area contributed by atoms with E-state index >= 15 is 0 Å². The molecule has 8 heteroatoms. The smallest absolute Gasteiger partial charge is 0.356 e. The first-order valence-electron chi connectivity index (χ1n) is 7.38. The molecule has 1 amide bonds. The van der Waals surface area contributed by atoms with Crippen LogP contribution in [0.3, 0.4) is 0 Å². The molecule has 1 aliphatic heterocycles. The van der Waals surface area contributed by atoms with Gasteiger partial charge in [-0.2, -0.15) is 13.2 Å². The number of alkyl halides is 3. The summed E-state index contributed by atoms with van der Waals surface area (Å²) in [4.78, 5) is 20.7. The van der Waals surface area contributed by atoms with E-state index in [2.05, 4.69) is 15.3 Å². The normalized spacial score (nSPS) is 20.0. The van der Waals surface area contributed by atoms with E-state index in [9.17, 15) is 18.0 Å². The Morgan fingerprint density at radius 1 is 1.18 bits per heavy atom. The van der Waals surface area contributed by atoms with Gasteiger partial charge in [0.15, 0.2) is 0 Å². The molecule has 0 aromatic carbocycles. The van der Waals surface area contributed by atoms with Gasteiger partial charge in [-0.1, -0.05) is 0 Å². The van der Waals surface area contributed by atoms with Gasteiger partial charge in [-0.25, -0.2) is 9.97 Å². The molecule has 1 aliphatic carbocycles. The molecule has 1 saturated carbocycles. The van der Waals surface area contributed by atoms with Crippen molar-refractivity contribution in [1.82, 2.24) is 15.3 Å². The average molecular weight is 314 g/mol. The van der Waals surface area contributed by atoms with E-state index in [4.69, 9.17) is 0 Å². The largest absolute Gasteiger partial charge is 0.433 e. The first-order chi connectivity index (χ1) is 10.4. The van der Waals surface area contributed by atoms with Crippen LogP contribution >= 0.6 is 0 Å². The number of carbonyl (C=O) groups excluding carboxylic acids is 1. The van der Waals surface area contributed by atoms with Crippen molar-refractivity contribution in [3.8, 4) is 0 Å². The van der Waals surface area contributed by atoms with Crippen LogP contribution in [-0.2, 0) is 11.0 Å². The molecule has 0 spiro atoms. The summed E-state index contributed by atoms with van der Waals surface area (Å²) in [6.07, 6.45) is -0.168. The van der Waals surface area contributed by atoms with Crippen molar-refractivity contribution < 1.29 is 18.0 Å². The van der Waals surface area contributed by atoms with Gasteiger partial charge in [0, 0.05) is 31.1 Å². The second-order valence-corrected chi connectivity index (χ2v) is 5.80. The van der Waals surface area contributed by atoms with E-state index in [0.717, 1.165) is 25.2 Å². The lowest BCUT2D eigenvalue weighted by atomic mass is 10.0. The van der Waals surface area contributed by atoms with Crippen molar-refractivity contribution in [3.05, 3.63) is 18.1 Å². The van der Waals surface area contributed by atoms with Crippen LogP contribution in [0.15, 0.2) is 12.4 Å². The van der Waals surface area contributed by atoms with Crippen LogP contribution in [0.25, 0.3) is 0 Å². The predicted molar refractivity (Wildman–Crippen MR) is 73.1 cm³/mol. The van der Waals surface area contributed by atoms with Crippen molar-refractivity contribution in [2.45, 2.75) is 37.9 Å². The van der Waals surface area contributed by atoms with Gasteiger partial charge in [-0.15, -0.1) is 0 Å². The van der Waals surface area contributed by atoms with Crippen molar-refractivity contribution >= 4 is 11.7 Å². The van der Waals surface area contributed by atoms with Gasteiger partial charge in [0.1, 0.15) is 17.8 Å². The highest BCUT2D eigenvalue weighted by Gasteiger charge is 2.34. The van der Waals surface area contributed by atoms with E-state index in [1.807, 2.05) is 0 Å². The second-order valence-electron chi connectivity index (χ2n) is 5.80. The Kier molecular flexibility index (Phi) is 3.92. The summed E-state index contributed by atoms with van der Waals surface area (Å²) >= 11 is 0. The van der Waals surface area contributed by atoms with Gasteiger partial charge in [0.2, 0.25) is 5.91 Å². The summed E-state index contributed by atoms with van der Waals surface area (Å²) in [6.45, 7) is 1.15. The van der Waals surface area contributed by atoms with E-state index in [1.54, 1.807) is 4.90 Å². The quantitative estimate of drug-likeness (QED) is 0.927. The number of hydrogen-bond donors (Lipinski definition) is 1. The zero-order valence-corrected chi connectivity index (χ0v) is 11.9. The summed E-state index contributed by atoms with van der Waals surface area (Å²) in [5.41, 5.74) is -0.929. The number of rotatable bonds is 3. The minimum atomic E-state index is -4.46. The molecular weight excluding hydrogens is 297 g/mol. The van der Waals surface area contributed by atoms with Crippen LogP contribution in [-0.4, -0.2) is 35.0 Å². The fraction of sp³-hybridized carbons (Fsp3) is 0.643. The fourth-order valence-electron chi connectivity index (χ4n) is 2.59. The topological polar surface area (TPSA) is 58.1 Å². The Morgan fingerprint density at radius 2 is 1.86 bits per heavy atom. The standard InChI is InChI=1S/C14H17F3N4O/c15-14(16,17)11-7-12(19-8-18-11)21-5-3-10(4-6-21)20-13(22)9-1-2-9/h7-10H,1-6H2,(H,20,22). The van der Waals surface area contributed by atoms with Gasteiger partial charge in [-0.05, 0) is 25.7 Å². The lowest BCUT2D eigenvalue weighted by molar-refractivity contribution is -0.141. The maximum atomic E-state index is 12.7. The summed E-state index contributed by atoms with van der Waals surface area (Å²) in [6, 6.07) is 1.08. The third-order valence-electron chi connectivity index (χ3n) is 4.06. The Bertz CT molecular complexity index is 551. The summed E-state index contributed by atoms with van der Waals surface area (Å²) in [7, 11) is 0. The molecule has 1 saturated heterocycles. The van der Waals surface area contributed by atoms with Gasteiger partial charge < -0.3 is 10.2 Å². The van der Waals surface area contributed by atoms with Crippen LogP contribution in [0.4, 0.5) is 19.0 Å². The van der Waals surface area contributed by atoms with E-state index < -0.39 is 11.9 Å². The lowest BCUT2D eigenvalue weighted by Gasteiger charge is -2.33. The number of amides is 1. The molecule has 0 unspecified atom stereocenters. The van der Waals surface area contributed by atoms with Crippen molar-refractivity contribution in [3.63, 3.8) is 0 Å². The molecule has 1 aromatic rings. The van der Waals surface area contributed by atoms with E-state index in [0.29, 0.717) is 25.9 Å². The molecule has 0 atom stereocenters. The number of aromatic nitrogens is 2. The molecule has 5 nitrogen and oxygen atoms in total. The number of nitrogens with one attached hydrogen (secondary N) is 1. The van der Waals surface area contributed by atoms with Crippen LogP contribution < -0.4 is 10.2 Å². The maximum Gasteiger partial charge on any atom is 0.433 e. The monoisotopic (exact) mass is 314 g/mol. The van der Waals surface area contributed by atoms with Crippen molar-refractivity contribution in [1.29, 1.82) is 0 Å².